The summed E-state index contributed by atoms with van der Waals surface area (Å²) in [5.74, 6) is -0.531. The zero-order valence-electron chi connectivity index (χ0n) is 15.2. The van der Waals surface area contributed by atoms with Gasteiger partial charge in [0.15, 0.2) is 0 Å². The molecule has 0 spiro atoms. The Hall–Kier alpha value is -2.45. The summed E-state index contributed by atoms with van der Waals surface area (Å²) in [6, 6.07) is 7.05. The highest BCUT2D eigenvalue weighted by molar-refractivity contribution is 7.98. The highest BCUT2D eigenvalue weighted by atomic mass is 32.2. The standard InChI is InChI=1S/C20H19BN2O4S/c24-19-16-8-7-13(10-17(16)21(26)27-19)28-23-20(25)22-18-14-5-1-3-11(14)9-12-4-2-6-15(12)18/h7-10,26H,1-6H2,(H2,22,23,25). The number of benzene rings is 2. The van der Waals surface area contributed by atoms with Gasteiger partial charge >= 0.3 is 19.1 Å². The fraction of sp³-hybridized carbons (Fsp3) is 0.300. The molecule has 8 heteroatoms. The van der Waals surface area contributed by atoms with Crippen LogP contribution in [0.1, 0.15) is 45.5 Å². The van der Waals surface area contributed by atoms with Gasteiger partial charge in [-0.3, -0.25) is 4.72 Å². The topological polar surface area (TPSA) is 87.7 Å². The number of carbonyl (C=O) groups is 2. The monoisotopic (exact) mass is 394 g/mol. The second-order valence-corrected chi connectivity index (χ2v) is 8.28. The maximum atomic E-state index is 12.6. The van der Waals surface area contributed by atoms with Gasteiger partial charge in [0.1, 0.15) is 0 Å². The third-order valence-electron chi connectivity index (χ3n) is 5.70. The van der Waals surface area contributed by atoms with Gasteiger partial charge < -0.3 is 15.0 Å². The molecule has 28 heavy (non-hydrogen) atoms. The van der Waals surface area contributed by atoms with Crippen LogP contribution >= 0.6 is 11.9 Å². The molecule has 2 aliphatic carbocycles. The van der Waals surface area contributed by atoms with E-state index < -0.39 is 13.1 Å². The fourth-order valence-corrected chi connectivity index (χ4v) is 5.02. The molecule has 3 N–H and O–H groups in total. The van der Waals surface area contributed by atoms with Gasteiger partial charge in [0.2, 0.25) is 0 Å². The first-order chi connectivity index (χ1) is 13.6. The predicted octanol–water partition coefficient (Wildman–Crippen LogP) is 2.35. The Morgan fingerprint density at radius 2 is 1.79 bits per heavy atom. The van der Waals surface area contributed by atoms with E-state index in [-0.39, 0.29) is 6.03 Å². The zero-order chi connectivity index (χ0) is 19.3. The molecule has 142 valence electrons. The van der Waals surface area contributed by atoms with Gasteiger partial charge in [0.25, 0.3) is 0 Å². The molecule has 0 aromatic heterocycles. The van der Waals surface area contributed by atoms with E-state index in [0.29, 0.717) is 11.0 Å². The van der Waals surface area contributed by atoms with Crippen LogP contribution in [0.4, 0.5) is 10.5 Å². The van der Waals surface area contributed by atoms with Crippen molar-refractivity contribution >= 4 is 42.2 Å². The summed E-state index contributed by atoms with van der Waals surface area (Å²) in [6.45, 7) is 0. The smallest absolute Gasteiger partial charge is 0.502 e. The van der Waals surface area contributed by atoms with E-state index in [2.05, 4.69) is 16.1 Å². The number of hydrogen-bond acceptors (Lipinski definition) is 5. The van der Waals surface area contributed by atoms with Crippen LogP contribution in [0, 0.1) is 0 Å². The molecule has 2 aromatic rings. The number of hydrogen-bond donors (Lipinski definition) is 3. The minimum absolute atomic E-state index is 0.271. The molecule has 3 aliphatic rings. The summed E-state index contributed by atoms with van der Waals surface area (Å²) < 4.78 is 7.59. The Morgan fingerprint density at radius 1 is 1.07 bits per heavy atom. The minimum Gasteiger partial charge on any atom is -0.502 e. The van der Waals surface area contributed by atoms with Crippen molar-refractivity contribution < 1.29 is 19.3 Å². The van der Waals surface area contributed by atoms with E-state index in [0.717, 1.165) is 61.1 Å². The summed E-state index contributed by atoms with van der Waals surface area (Å²) >= 11 is 1.14. The first-order valence-corrected chi connectivity index (χ1v) is 10.3. The van der Waals surface area contributed by atoms with Crippen molar-refractivity contribution in [1.82, 2.24) is 4.72 Å². The van der Waals surface area contributed by atoms with Crippen molar-refractivity contribution in [1.29, 1.82) is 0 Å². The van der Waals surface area contributed by atoms with E-state index >= 15 is 0 Å². The quantitative estimate of drug-likeness (QED) is 0.550. The molecule has 2 amide bonds. The summed E-state index contributed by atoms with van der Waals surface area (Å²) in [5, 5.41) is 12.9. The second kappa shape index (κ2) is 6.86. The Labute approximate surface area is 167 Å². The number of carbonyl (C=O) groups excluding carboxylic acids is 2. The molecular weight excluding hydrogens is 375 g/mol. The number of anilines is 1. The average Bonchev–Trinajstić information content (AvgIpc) is 3.40. The molecule has 1 heterocycles. The lowest BCUT2D eigenvalue weighted by Crippen LogP contribution is -2.28. The molecule has 2 aromatic carbocycles. The van der Waals surface area contributed by atoms with Crippen LogP contribution < -0.4 is 15.5 Å². The van der Waals surface area contributed by atoms with Crippen LogP contribution in [0.5, 0.6) is 0 Å². The highest BCUT2D eigenvalue weighted by Crippen LogP contribution is 2.38. The Morgan fingerprint density at radius 3 is 2.50 bits per heavy atom. The first-order valence-electron chi connectivity index (χ1n) is 9.53. The van der Waals surface area contributed by atoms with Gasteiger partial charge in [-0.1, -0.05) is 6.07 Å². The highest BCUT2D eigenvalue weighted by Gasteiger charge is 2.35. The van der Waals surface area contributed by atoms with E-state index in [4.69, 9.17) is 4.65 Å². The SMILES string of the molecule is O=C(NSc1ccc2c(c1)B(O)OC2=O)Nc1c2c(cc3c1CCC3)CCC2. The summed E-state index contributed by atoms with van der Waals surface area (Å²) in [5.41, 5.74) is 7.12. The molecule has 5 rings (SSSR count). The lowest BCUT2D eigenvalue weighted by atomic mass is 9.80. The van der Waals surface area contributed by atoms with Gasteiger partial charge in [-0.15, -0.1) is 0 Å². The van der Waals surface area contributed by atoms with Crippen LogP contribution in [0.25, 0.3) is 0 Å². The van der Waals surface area contributed by atoms with E-state index in [1.807, 2.05) is 0 Å². The van der Waals surface area contributed by atoms with Crippen molar-refractivity contribution in [3.05, 3.63) is 52.1 Å². The van der Waals surface area contributed by atoms with Crippen molar-refractivity contribution in [2.45, 2.75) is 43.4 Å². The largest absolute Gasteiger partial charge is 0.563 e. The fourth-order valence-electron chi connectivity index (χ4n) is 4.43. The van der Waals surface area contributed by atoms with Gasteiger partial charge in [-0.25, -0.2) is 9.59 Å². The molecule has 6 nitrogen and oxygen atoms in total. The molecule has 0 bridgehead atoms. The molecular formula is C20H19BN2O4S. The van der Waals surface area contributed by atoms with Gasteiger partial charge in [0.05, 0.1) is 5.56 Å². The van der Waals surface area contributed by atoms with Crippen molar-refractivity contribution in [2.24, 2.45) is 0 Å². The van der Waals surface area contributed by atoms with Crippen LogP contribution in [-0.4, -0.2) is 24.1 Å². The lowest BCUT2D eigenvalue weighted by molar-refractivity contribution is 0.0728. The summed E-state index contributed by atoms with van der Waals surface area (Å²) in [4.78, 5) is 24.9. The molecule has 1 aliphatic heterocycles. The number of urea groups is 1. The van der Waals surface area contributed by atoms with E-state index in [1.54, 1.807) is 18.2 Å². The third-order valence-corrected chi connectivity index (χ3v) is 6.48. The number of fused-ring (bicyclic) bond motifs is 3. The maximum absolute atomic E-state index is 12.6. The third kappa shape index (κ3) is 2.97. The summed E-state index contributed by atoms with van der Waals surface area (Å²) in [7, 11) is -1.24. The Bertz CT molecular complexity index is 978. The number of amides is 2. The van der Waals surface area contributed by atoms with Crippen LogP contribution in [-0.2, 0) is 30.3 Å². The number of nitrogens with one attached hydrogen (secondary N) is 2. The van der Waals surface area contributed by atoms with Crippen molar-refractivity contribution in [3.63, 3.8) is 0 Å². The number of aryl methyl sites for hydroxylation is 2. The average molecular weight is 394 g/mol. The zero-order valence-corrected chi connectivity index (χ0v) is 16.0. The van der Waals surface area contributed by atoms with E-state index in [1.165, 1.54) is 22.3 Å². The lowest BCUT2D eigenvalue weighted by Gasteiger charge is -2.16. The molecule has 0 saturated carbocycles. The van der Waals surface area contributed by atoms with Gasteiger partial charge in [-0.05, 0) is 90.9 Å². The van der Waals surface area contributed by atoms with Crippen molar-refractivity contribution in [2.75, 3.05) is 5.32 Å². The molecule has 0 unspecified atom stereocenters. The van der Waals surface area contributed by atoms with Crippen LogP contribution in [0.2, 0.25) is 0 Å². The molecule has 0 fully saturated rings. The number of rotatable bonds is 3. The maximum Gasteiger partial charge on any atom is 0.563 e. The Balaban J connectivity index is 1.31. The minimum atomic E-state index is -1.24. The summed E-state index contributed by atoms with van der Waals surface area (Å²) in [6.07, 6.45) is 6.49. The molecule has 0 saturated heterocycles. The van der Waals surface area contributed by atoms with Crippen LogP contribution in [0.3, 0.4) is 0 Å². The molecule has 0 atom stereocenters. The van der Waals surface area contributed by atoms with Crippen molar-refractivity contribution in [3.8, 4) is 0 Å². The van der Waals surface area contributed by atoms with Gasteiger partial charge in [0, 0.05) is 16.0 Å². The van der Waals surface area contributed by atoms with E-state index in [9.17, 15) is 14.6 Å². The van der Waals surface area contributed by atoms with Crippen LogP contribution in [0.15, 0.2) is 29.2 Å². The van der Waals surface area contributed by atoms with Gasteiger partial charge in [-0.2, -0.15) is 0 Å². The molecule has 0 radical (unpaired) electrons. The Kier molecular flexibility index (Phi) is 4.32. The normalized spacial score (nSPS) is 16.5. The second-order valence-electron chi connectivity index (χ2n) is 7.40. The first kappa shape index (κ1) is 17.6. The predicted molar refractivity (Wildman–Crippen MR) is 108 cm³/mol.